The number of amides is 1. The molecule has 0 spiro atoms. The molecule has 0 aliphatic carbocycles. The monoisotopic (exact) mass is 195 g/mol. The molecule has 1 saturated heterocycles. The summed E-state index contributed by atoms with van der Waals surface area (Å²) in [6, 6.07) is 0. The maximum absolute atomic E-state index is 11.6. The first kappa shape index (κ1) is 11.3. The fourth-order valence-corrected chi connectivity index (χ4v) is 1.90. The Bertz CT molecular complexity index is 189. The summed E-state index contributed by atoms with van der Waals surface area (Å²) >= 11 is 0. The van der Waals surface area contributed by atoms with Gasteiger partial charge in [0.15, 0.2) is 0 Å². The summed E-state index contributed by atoms with van der Waals surface area (Å²) in [4.78, 5) is 11.6. The molecule has 80 valence electrons. The lowest BCUT2D eigenvalue weighted by Gasteiger charge is -2.11. The van der Waals surface area contributed by atoms with Crippen LogP contribution in [0.3, 0.4) is 0 Å². The van der Waals surface area contributed by atoms with Gasteiger partial charge in [-0.25, -0.2) is 0 Å². The van der Waals surface area contributed by atoms with Crippen LogP contribution in [0.1, 0.15) is 44.9 Å². The minimum absolute atomic E-state index is 0.0353. The number of carbonyl (C=O) groups excluding carboxylic acids is 1. The van der Waals surface area contributed by atoms with Crippen molar-refractivity contribution in [2.75, 3.05) is 6.54 Å². The number of rotatable bonds is 1. The molecule has 1 heterocycles. The average Bonchev–Trinajstić information content (AvgIpc) is 2.24. The first-order chi connectivity index (χ1) is 6.84. The van der Waals surface area contributed by atoms with Gasteiger partial charge in [0, 0.05) is 6.54 Å². The minimum atomic E-state index is 0.0353. The van der Waals surface area contributed by atoms with E-state index >= 15 is 0 Å². The second kappa shape index (κ2) is 6.63. The number of carbonyl (C=O) groups is 1. The molecule has 0 aromatic heterocycles. The largest absolute Gasteiger partial charge is 0.356 e. The smallest absolute Gasteiger partial charge is 0.226 e. The van der Waals surface area contributed by atoms with Gasteiger partial charge in [0.2, 0.25) is 5.91 Å². The molecule has 0 bridgehead atoms. The van der Waals surface area contributed by atoms with Crippen LogP contribution in [-0.4, -0.2) is 12.5 Å². The Labute approximate surface area is 86.8 Å². The Kier molecular flexibility index (Phi) is 5.35. The molecule has 1 N–H and O–H groups in total. The fraction of sp³-hybridized carbons (Fsp3) is 0.750. The van der Waals surface area contributed by atoms with Gasteiger partial charge in [-0.05, 0) is 12.8 Å². The molecule has 14 heavy (non-hydrogen) atoms. The van der Waals surface area contributed by atoms with Gasteiger partial charge in [0.05, 0.1) is 5.92 Å². The van der Waals surface area contributed by atoms with E-state index in [-0.39, 0.29) is 11.8 Å². The van der Waals surface area contributed by atoms with Crippen molar-refractivity contribution in [3.8, 4) is 0 Å². The van der Waals surface area contributed by atoms with Crippen molar-refractivity contribution in [2.24, 2.45) is 5.92 Å². The second-order valence-corrected chi connectivity index (χ2v) is 4.04. The lowest BCUT2D eigenvalue weighted by Crippen LogP contribution is -2.30. The van der Waals surface area contributed by atoms with Gasteiger partial charge in [0.1, 0.15) is 0 Å². The van der Waals surface area contributed by atoms with Crippen molar-refractivity contribution < 1.29 is 4.79 Å². The van der Waals surface area contributed by atoms with E-state index in [2.05, 4.69) is 11.9 Å². The first-order valence-electron chi connectivity index (χ1n) is 5.75. The van der Waals surface area contributed by atoms with E-state index in [1.165, 1.54) is 25.7 Å². The molecule has 1 unspecified atom stereocenters. The molecule has 2 nitrogen and oxygen atoms in total. The molecular formula is C12H21NO. The summed E-state index contributed by atoms with van der Waals surface area (Å²) < 4.78 is 0. The molecule has 0 saturated carbocycles. The average molecular weight is 195 g/mol. The highest BCUT2D eigenvalue weighted by molar-refractivity contribution is 5.80. The number of nitrogens with one attached hydrogen (secondary N) is 1. The van der Waals surface area contributed by atoms with Crippen molar-refractivity contribution in [1.82, 2.24) is 5.32 Å². The highest BCUT2D eigenvalue weighted by atomic mass is 16.1. The maximum Gasteiger partial charge on any atom is 0.226 e. The third kappa shape index (κ3) is 3.95. The topological polar surface area (TPSA) is 29.1 Å². The van der Waals surface area contributed by atoms with Crippen LogP contribution in [0.15, 0.2) is 12.7 Å². The van der Waals surface area contributed by atoms with Crippen LogP contribution in [-0.2, 0) is 4.79 Å². The van der Waals surface area contributed by atoms with Gasteiger partial charge in [-0.15, -0.1) is 6.58 Å². The van der Waals surface area contributed by atoms with Crippen LogP contribution in [0.2, 0.25) is 0 Å². The molecule has 1 aliphatic heterocycles. The summed E-state index contributed by atoms with van der Waals surface area (Å²) in [5, 5.41) is 2.97. The van der Waals surface area contributed by atoms with Gasteiger partial charge < -0.3 is 5.32 Å². The van der Waals surface area contributed by atoms with E-state index in [9.17, 15) is 4.79 Å². The standard InChI is InChI=1S/C12H21NO/c1-2-11-9-7-5-3-4-6-8-10-13-12(11)14/h2,11H,1,3-10H2,(H,13,14). The van der Waals surface area contributed by atoms with Crippen LogP contribution >= 0.6 is 0 Å². The Morgan fingerprint density at radius 3 is 2.50 bits per heavy atom. The molecule has 1 amide bonds. The quantitative estimate of drug-likeness (QED) is 0.640. The van der Waals surface area contributed by atoms with Crippen molar-refractivity contribution in [3.05, 3.63) is 12.7 Å². The van der Waals surface area contributed by atoms with Gasteiger partial charge in [0.25, 0.3) is 0 Å². The second-order valence-electron chi connectivity index (χ2n) is 4.04. The third-order valence-corrected chi connectivity index (χ3v) is 2.86. The van der Waals surface area contributed by atoms with E-state index in [4.69, 9.17) is 0 Å². The molecule has 1 aliphatic rings. The van der Waals surface area contributed by atoms with Crippen molar-refractivity contribution in [1.29, 1.82) is 0 Å². The zero-order valence-electron chi connectivity index (χ0n) is 8.93. The van der Waals surface area contributed by atoms with E-state index in [1.54, 1.807) is 6.08 Å². The van der Waals surface area contributed by atoms with Crippen LogP contribution in [0, 0.1) is 5.92 Å². The number of hydrogen-bond acceptors (Lipinski definition) is 1. The highest BCUT2D eigenvalue weighted by Gasteiger charge is 2.13. The lowest BCUT2D eigenvalue weighted by molar-refractivity contribution is -0.123. The van der Waals surface area contributed by atoms with E-state index in [1.807, 2.05) is 0 Å². The Hall–Kier alpha value is -0.790. The van der Waals surface area contributed by atoms with Crippen molar-refractivity contribution >= 4 is 5.91 Å². The SMILES string of the molecule is C=CC1CCCCCCCCNC1=O. The fourth-order valence-electron chi connectivity index (χ4n) is 1.90. The van der Waals surface area contributed by atoms with Gasteiger partial charge in [-0.3, -0.25) is 4.79 Å². The predicted octanol–water partition coefficient (Wildman–Crippen LogP) is 2.65. The molecular weight excluding hydrogens is 174 g/mol. The maximum atomic E-state index is 11.6. The van der Waals surface area contributed by atoms with Gasteiger partial charge in [-0.1, -0.05) is 38.2 Å². The number of hydrogen-bond donors (Lipinski definition) is 1. The first-order valence-corrected chi connectivity index (χ1v) is 5.75. The molecule has 0 radical (unpaired) electrons. The van der Waals surface area contributed by atoms with Crippen LogP contribution in [0.25, 0.3) is 0 Å². The predicted molar refractivity (Wildman–Crippen MR) is 59.0 cm³/mol. The molecule has 1 atom stereocenters. The Morgan fingerprint density at radius 1 is 1.14 bits per heavy atom. The molecule has 0 aromatic rings. The van der Waals surface area contributed by atoms with Crippen LogP contribution in [0.5, 0.6) is 0 Å². The third-order valence-electron chi connectivity index (χ3n) is 2.86. The molecule has 2 heteroatoms. The van der Waals surface area contributed by atoms with Gasteiger partial charge >= 0.3 is 0 Å². The van der Waals surface area contributed by atoms with Crippen molar-refractivity contribution in [3.63, 3.8) is 0 Å². The Morgan fingerprint density at radius 2 is 1.79 bits per heavy atom. The zero-order chi connectivity index (χ0) is 10.2. The minimum Gasteiger partial charge on any atom is -0.356 e. The highest BCUT2D eigenvalue weighted by Crippen LogP contribution is 2.14. The van der Waals surface area contributed by atoms with Crippen molar-refractivity contribution in [2.45, 2.75) is 44.9 Å². The lowest BCUT2D eigenvalue weighted by atomic mass is 10.00. The zero-order valence-corrected chi connectivity index (χ0v) is 8.93. The summed E-state index contributed by atoms with van der Waals surface area (Å²) in [5.41, 5.74) is 0. The summed E-state index contributed by atoms with van der Waals surface area (Å²) in [6.07, 6.45) is 10.2. The molecule has 0 aromatic carbocycles. The normalized spacial score (nSPS) is 26.0. The summed E-state index contributed by atoms with van der Waals surface area (Å²) in [6.45, 7) is 4.56. The molecule has 1 fully saturated rings. The molecule has 1 rings (SSSR count). The van der Waals surface area contributed by atoms with E-state index < -0.39 is 0 Å². The van der Waals surface area contributed by atoms with Crippen LogP contribution in [0.4, 0.5) is 0 Å². The van der Waals surface area contributed by atoms with Gasteiger partial charge in [-0.2, -0.15) is 0 Å². The Balaban J connectivity index is 2.41. The van der Waals surface area contributed by atoms with E-state index in [0.29, 0.717) is 0 Å². The van der Waals surface area contributed by atoms with Crippen LogP contribution < -0.4 is 5.32 Å². The summed E-state index contributed by atoms with van der Waals surface area (Å²) in [5.74, 6) is 0.204. The van der Waals surface area contributed by atoms with E-state index in [0.717, 1.165) is 25.8 Å². The summed E-state index contributed by atoms with van der Waals surface area (Å²) in [7, 11) is 0.